The average Bonchev–Trinajstić information content (AvgIpc) is 2.46. The molecule has 0 saturated carbocycles. The first-order chi connectivity index (χ1) is 10.6. The number of rotatable bonds is 3. The van der Waals surface area contributed by atoms with E-state index >= 15 is 0 Å². The number of anilines is 1. The van der Waals surface area contributed by atoms with Crippen molar-refractivity contribution in [3.8, 4) is 0 Å². The smallest absolute Gasteiger partial charge is 0.287 e. The fourth-order valence-corrected chi connectivity index (χ4v) is 2.08. The van der Waals surface area contributed by atoms with Gasteiger partial charge in [0.2, 0.25) is 0 Å². The third kappa shape index (κ3) is 3.95. The van der Waals surface area contributed by atoms with E-state index in [1.807, 2.05) is 0 Å². The molecule has 2 rings (SSSR count). The molecule has 0 bridgehead atoms. The van der Waals surface area contributed by atoms with Gasteiger partial charge >= 0.3 is 12.4 Å². The van der Waals surface area contributed by atoms with Crippen molar-refractivity contribution < 1.29 is 31.5 Å². The highest BCUT2D eigenvalue weighted by Crippen LogP contribution is 2.40. The van der Waals surface area contributed by atoms with Gasteiger partial charge in [0, 0.05) is 0 Å². The Morgan fingerprint density at radius 2 is 1.43 bits per heavy atom. The fraction of sp³-hybridized carbons (Fsp3) is 0.200. The number of hydroxylamine groups is 1. The first-order valence-corrected chi connectivity index (χ1v) is 6.38. The van der Waals surface area contributed by atoms with Gasteiger partial charge in [-0.25, -0.2) is 5.06 Å². The first kappa shape index (κ1) is 17.1. The Hall–Kier alpha value is -2.22. The normalized spacial score (nSPS) is 13.7. The van der Waals surface area contributed by atoms with Crippen LogP contribution in [-0.2, 0) is 6.18 Å². The summed E-state index contributed by atoms with van der Waals surface area (Å²) in [5.74, 6) is 0. The zero-order valence-electron chi connectivity index (χ0n) is 11.4. The molecule has 0 aliphatic carbocycles. The molecule has 2 aromatic carbocycles. The van der Waals surface area contributed by atoms with E-state index in [0.29, 0.717) is 12.1 Å². The number of nitrogens with zero attached hydrogens (tertiary/aromatic N) is 1. The second kappa shape index (κ2) is 6.11. The predicted molar refractivity (Wildman–Crippen MR) is 70.9 cm³/mol. The molecular weight excluding hydrogens is 324 g/mol. The van der Waals surface area contributed by atoms with Crippen molar-refractivity contribution in [3.05, 3.63) is 65.7 Å². The summed E-state index contributed by atoms with van der Waals surface area (Å²) in [5, 5.41) is 9.70. The van der Waals surface area contributed by atoms with Gasteiger partial charge in [0.15, 0.2) is 6.04 Å². The molecule has 0 radical (unpaired) electrons. The highest BCUT2D eigenvalue weighted by atomic mass is 19.4. The Bertz CT molecular complexity index is 653. The van der Waals surface area contributed by atoms with Gasteiger partial charge in [-0.15, -0.1) is 0 Å². The van der Waals surface area contributed by atoms with Crippen LogP contribution in [0.25, 0.3) is 0 Å². The van der Waals surface area contributed by atoms with Gasteiger partial charge in [-0.2, -0.15) is 26.3 Å². The van der Waals surface area contributed by atoms with Gasteiger partial charge in [0.05, 0.1) is 11.3 Å². The predicted octanol–water partition coefficient (Wildman–Crippen LogP) is 5.20. The largest absolute Gasteiger partial charge is 0.416 e. The number of halogens is 6. The highest BCUT2D eigenvalue weighted by molar-refractivity contribution is 5.49. The second-order valence-electron chi connectivity index (χ2n) is 4.75. The van der Waals surface area contributed by atoms with Crippen molar-refractivity contribution >= 4 is 5.69 Å². The van der Waals surface area contributed by atoms with Crippen LogP contribution in [0.3, 0.4) is 0 Å². The summed E-state index contributed by atoms with van der Waals surface area (Å²) >= 11 is 0. The topological polar surface area (TPSA) is 23.5 Å². The summed E-state index contributed by atoms with van der Waals surface area (Å²) in [7, 11) is 0. The van der Waals surface area contributed by atoms with Crippen molar-refractivity contribution in [2.45, 2.75) is 18.4 Å². The Labute approximate surface area is 127 Å². The minimum atomic E-state index is -4.88. The summed E-state index contributed by atoms with van der Waals surface area (Å²) in [4.78, 5) is 0. The Balaban J connectivity index is 2.45. The lowest BCUT2D eigenvalue weighted by Crippen LogP contribution is -2.36. The van der Waals surface area contributed by atoms with Gasteiger partial charge in [-0.1, -0.05) is 36.4 Å². The molecule has 0 heterocycles. The number of hydrogen-bond acceptors (Lipinski definition) is 2. The minimum absolute atomic E-state index is 0.204. The van der Waals surface area contributed by atoms with Crippen LogP contribution in [-0.4, -0.2) is 11.4 Å². The first-order valence-electron chi connectivity index (χ1n) is 6.38. The summed E-state index contributed by atoms with van der Waals surface area (Å²) in [6, 6.07) is 7.03. The molecular formula is C15H11F6NO. The van der Waals surface area contributed by atoms with Crippen molar-refractivity contribution in [3.63, 3.8) is 0 Å². The number of benzene rings is 2. The highest BCUT2D eigenvalue weighted by Gasteiger charge is 2.45. The maximum absolute atomic E-state index is 13.3. The van der Waals surface area contributed by atoms with Crippen LogP contribution in [0.2, 0.25) is 0 Å². The lowest BCUT2D eigenvalue weighted by Gasteiger charge is -2.30. The van der Waals surface area contributed by atoms with Crippen LogP contribution in [0.5, 0.6) is 0 Å². The van der Waals surface area contributed by atoms with Crippen molar-refractivity contribution in [2.75, 3.05) is 5.06 Å². The molecule has 8 heteroatoms. The maximum Gasteiger partial charge on any atom is 0.416 e. The molecule has 0 fully saturated rings. The summed E-state index contributed by atoms with van der Waals surface area (Å²) in [5.41, 5.74) is -2.05. The van der Waals surface area contributed by atoms with Gasteiger partial charge in [0.25, 0.3) is 0 Å². The van der Waals surface area contributed by atoms with E-state index in [4.69, 9.17) is 0 Å². The number of hydrogen-bond donors (Lipinski definition) is 1. The SMILES string of the molecule is ON(c1cccc(C(F)(F)F)c1)C(c1ccccc1)C(F)(F)F. The van der Waals surface area contributed by atoms with Crippen molar-refractivity contribution in [2.24, 2.45) is 0 Å². The summed E-state index contributed by atoms with van der Waals surface area (Å²) in [6.45, 7) is 0. The Morgan fingerprint density at radius 1 is 0.826 bits per heavy atom. The van der Waals surface area contributed by atoms with Crippen LogP contribution in [0.1, 0.15) is 17.2 Å². The summed E-state index contributed by atoms with van der Waals surface area (Å²) < 4.78 is 77.8. The van der Waals surface area contributed by atoms with Crippen molar-refractivity contribution in [1.29, 1.82) is 0 Å². The second-order valence-corrected chi connectivity index (χ2v) is 4.75. The molecule has 124 valence electrons. The molecule has 0 aliphatic heterocycles. The lowest BCUT2D eigenvalue weighted by atomic mass is 10.1. The molecule has 1 atom stereocenters. The third-order valence-corrected chi connectivity index (χ3v) is 3.11. The maximum atomic E-state index is 13.3. The van der Waals surface area contributed by atoms with E-state index in [1.54, 1.807) is 0 Å². The average molecular weight is 335 g/mol. The molecule has 1 N–H and O–H groups in total. The molecule has 0 spiro atoms. The molecule has 23 heavy (non-hydrogen) atoms. The van der Waals surface area contributed by atoms with E-state index in [0.717, 1.165) is 24.3 Å². The van der Waals surface area contributed by atoms with E-state index in [-0.39, 0.29) is 10.6 Å². The Kier molecular flexibility index (Phi) is 4.56. The molecule has 0 amide bonds. The van der Waals surface area contributed by atoms with Crippen LogP contribution in [0.15, 0.2) is 54.6 Å². The molecule has 0 saturated heterocycles. The van der Waals surface area contributed by atoms with Crippen molar-refractivity contribution in [1.82, 2.24) is 0 Å². The number of alkyl halides is 6. The van der Waals surface area contributed by atoms with Gasteiger partial charge in [0.1, 0.15) is 0 Å². The lowest BCUT2D eigenvalue weighted by molar-refractivity contribution is -0.163. The fourth-order valence-electron chi connectivity index (χ4n) is 2.08. The van der Waals surface area contributed by atoms with Gasteiger partial charge in [-0.3, -0.25) is 5.21 Å². The van der Waals surface area contributed by atoms with Gasteiger partial charge in [-0.05, 0) is 23.8 Å². The van der Waals surface area contributed by atoms with Crippen LogP contribution in [0, 0.1) is 0 Å². The van der Waals surface area contributed by atoms with E-state index in [9.17, 15) is 31.5 Å². The third-order valence-electron chi connectivity index (χ3n) is 3.11. The molecule has 2 aromatic rings. The molecule has 2 nitrogen and oxygen atoms in total. The molecule has 1 unspecified atom stereocenters. The van der Waals surface area contributed by atoms with Crippen LogP contribution < -0.4 is 5.06 Å². The molecule has 0 aromatic heterocycles. The Morgan fingerprint density at radius 3 is 1.96 bits per heavy atom. The van der Waals surface area contributed by atoms with Crippen LogP contribution in [0.4, 0.5) is 32.0 Å². The van der Waals surface area contributed by atoms with E-state index in [1.165, 1.54) is 18.2 Å². The van der Waals surface area contributed by atoms with Crippen LogP contribution >= 0.6 is 0 Å². The van der Waals surface area contributed by atoms with E-state index < -0.39 is 29.6 Å². The quantitative estimate of drug-likeness (QED) is 0.615. The van der Waals surface area contributed by atoms with Gasteiger partial charge < -0.3 is 0 Å². The standard InChI is InChI=1S/C15H11F6NO/c16-14(17,18)11-7-4-8-12(9-11)22(23)13(15(19,20)21)10-5-2-1-3-6-10/h1-9,13,23H. The van der Waals surface area contributed by atoms with E-state index in [2.05, 4.69) is 0 Å². The molecule has 0 aliphatic rings. The monoisotopic (exact) mass is 335 g/mol. The summed E-state index contributed by atoms with van der Waals surface area (Å²) in [6.07, 6.45) is -9.61. The minimum Gasteiger partial charge on any atom is -0.287 e. The zero-order valence-corrected chi connectivity index (χ0v) is 11.4. The zero-order chi connectivity index (χ0) is 17.3.